The summed E-state index contributed by atoms with van der Waals surface area (Å²) in [5, 5.41) is 13.7. The number of hydrogen-bond acceptors (Lipinski definition) is 2. The molecular weight excluding hydrogens is 224 g/mol. The highest BCUT2D eigenvalue weighted by atomic mass is 16.3. The van der Waals surface area contributed by atoms with Gasteiger partial charge in [-0.1, -0.05) is 29.8 Å². The zero-order valence-electron chi connectivity index (χ0n) is 11.0. The van der Waals surface area contributed by atoms with E-state index in [9.17, 15) is 5.11 Å². The molecule has 1 N–H and O–H groups in total. The summed E-state index contributed by atoms with van der Waals surface area (Å²) in [6.45, 7) is 2.28. The van der Waals surface area contributed by atoms with Crippen LogP contribution < -0.4 is 0 Å². The van der Waals surface area contributed by atoms with E-state index in [0.717, 1.165) is 12.8 Å². The van der Waals surface area contributed by atoms with Gasteiger partial charge in [-0.2, -0.15) is 5.10 Å². The molecule has 3 nitrogen and oxygen atoms in total. The van der Waals surface area contributed by atoms with E-state index in [4.69, 9.17) is 0 Å². The fourth-order valence-electron chi connectivity index (χ4n) is 2.26. The van der Waals surface area contributed by atoms with Crippen molar-refractivity contribution in [2.45, 2.75) is 25.7 Å². The normalized spacial score (nSPS) is 12.6. The second kappa shape index (κ2) is 5.83. The van der Waals surface area contributed by atoms with Gasteiger partial charge >= 0.3 is 0 Å². The van der Waals surface area contributed by atoms with Crippen LogP contribution in [0.2, 0.25) is 0 Å². The maximum absolute atomic E-state index is 9.55. The molecule has 1 heterocycles. The summed E-state index contributed by atoms with van der Waals surface area (Å²) in [5.41, 5.74) is 3.67. The first-order chi connectivity index (χ1) is 8.70. The smallest absolute Gasteiger partial charge is 0.0499 e. The lowest BCUT2D eigenvalue weighted by Gasteiger charge is -2.15. The molecule has 0 aliphatic rings. The molecule has 1 atom stereocenters. The largest absolute Gasteiger partial charge is 0.396 e. The van der Waals surface area contributed by atoms with Gasteiger partial charge in [0.05, 0.1) is 0 Å². The highest BCUT2D eigenvalue weighted by Crippen LogP contribution is 2.22. The molecule has 0 saturated carbocycles. The van der Waals surface area contributed by atoms with Gasteiger partial charge in [0.25, 0.3) is 0 Å². The van der Waals surface area contributed by atoms with Crippen molar-refractivity contribution in [2.75, 3.05) is 6.61 Å². The Morgan fingerprint density at radius 3 is 2.78 bits per heavy atom. The predicted octanol–water partition coefficient (Wildman–Crippen LogP) is 2.44. The van der Waals surface area contributed by atoms with Crippen molar-refractivity contribution in [3.63, 3.8) is 0 Å². The molecule has 18 heavy (non-hydrogen) atoms. The van der Waals surface area contributed by atoms with E-state index in [2.05, 4.69) is 36.3 Å². The van der Waals surface area contributed by atoms with Crippen LogP contribution in [-0.2, 0) is 13.5 Å². The third kappa shape index (κ3) is 2.99. The minimum absolute atomic E-state index is 0.196. The Bertz CT molecular complexity index is 505. The summed E-state index contributed by atoms with van der Waals surface area (Å²) in [5.74, 6) is 0.208. The quantitative estimate of drug-likeness (QED) is 0.877. The molecule has 1 aromatic heterocycles. The Balaban J connectivity index is 2.04. The average Bonchev–Trinajstić information content (AvgIpc) is 2.76. The number of aliphatic hydroxyl groups is 1. The van der Waals surface area contributed by atoms with Crippen LogP contribution in [0.15, 0.2) is 36.5 Å². The van der Waals surface area contributed by atoms with Gasteiger partial charge in [0.2, 0.25) is 0 Å². The van der Waals surface area contributed by atoms with Crippen LogP contribution in [-0.4, -0.2) is 21.5 Å². The maximum atomic E-state index is 9.55. The van der Waals surface area contributed by atoms with Crippen LogP contribution in [0.1, 0.15) is 29.2 Å². The van der Waals surface area contributed by atoms with Crippen molar-refractivity contribution in [2.24, 2.45) is 7.05 Å². The first-order valence-corrected chi connectivity index (χ1v) is 6.35. The molecule has 0 bridgehead atoms. The zero-order chi connectivity index (χ0) is 13.0. The van der Waals surface area contributed by atoms with Gasteiger partial charge in [-0.25, -0.2) is 0 Å². The van der Waals surface area contributed by atoms with Gasteiger partial charge in [-0.05, 0) is 31.4 Å². The molecule has 0 spiro atoms. The first kappa shape index (κ1) is 12.8. The second-order valence-corrected chi connectivity index (χ2v) is 4.78. The summed E-state index contributed by atoms with van der Waals surface area (Å²) in [7, 11) is 1.95. The molecule has 0 aliphatic heterocycles. The van der Waals surface area contributed by atoms with Crippen molar-refractivity contribution in [1.29, 1.82) is 0 Å². The lowest BCUT2D eigenvalue weighted by molar-refractivity contribution is 0.259. The average molecular weight is 244 g/mol. The molecule has 0 radical (unpaired) electrons. The lowest BCUT2D eigenvalue weighted by Crippen LogP contribution is -2.08. The van der Waals surface area contributed by atoms with Gasteiger partial charge in [0, 0.05) is 31.5 Å². The van der Waals surface area contributed by atoms with Crippen LogP contribution in [0.4, 0.5) is 0 Å². The van der Waals surface area contributed by atoms with E-state index >= 15 is 0 Å². The van der Waals surface area contributed by atoms with Crippen molar-refractivity contribution in [1.82, 2.24) is 9.78 Å². The SMILES string of the molecule is Cc1cccc(C(CO)CCc2ccnn2C)c1. The van der Waals surface area contributed by atoms with Gasteiger partial charge in [0.15, 0.2) is 0 Å². The van der Waals surface area contributed by atoms with E-state index in [1.165, 1.54) is 16.8 Å². The van der Waals surface area contributed by atoms with E-state index < -0.39 is 0 Å². The number of aromatic nitrogens is 2. The van der Waals surface area contributed by atoms with Gasteiger partial charge in [0.1, 0.15) is 0 Å². The van der Waals surface area contributed by atoms with Crippen LogP contribution in [0, 0.1) is 6.92 Å². The zero-order valence-corrected chi connectivity index (χ0v) is 11.0. The molecule has 2 rings (SSSR count). The molecule has 0 saturated heterocycles. The summed E-state index contributed by atoms with van der Waals surface area (Å²) in [4.78, 5) is 0. The van der Waals surface area contributed by atoms with E-state index in [1.54, 1.807) is 0 Å². The number of nitrogens with zero attached hydrogens (tertiary/aromatic N) is 2. The molecule has 96 valence electrons. The Morgan fingerprint density at radius 1 is 1.33 bits per heavy atom. The molecule has 2 aromatic rings. The number of aryl methyl sites for hydroxylation is 3. The fourth-order valence-corrected chi connectivity index (χ4v) is 2.26. The third-order valence-electron chi connectivity index (χ3n) is 3.41. The monoisotopic (exact) mass is 244 g/mol. The minimum Gasteiger partial charge on any atom is -0.396 e. The van der Waals surface area contributed by atoms with Gasteiger partial charge < -0.3 is 5.11 Å². The Kier molecular flexibility index (Phi) is 4.15. The highest BCUT2D eigenvalue weighted by molar-refractivity contribution is 5.25. The van der Waals surface area contributed by atoms with Crippen molar-refractivity contribution in [3.8, 4) is 0 Å². The number of benzene rings is 1. The molecule has 0 fully saturated rings. The maximum Gasteiger partial charge on any atom is 0.0499 e. The summed E-state index contributed by atoms with van der Waals surface area (Å²) >= 11 is 0. The van der Waals surface area contributed by atoms with Crippen LogP contribution in [0.25, 0.3) is 0 Å². The topological polar surface area (TPSA) is 38.1 Å². The molecule has 1 aromatic carbocycles. The van der Waals surface area contributed by atoms with Crippen LogP contribution in [0.5, 0.6) is 0 Å². The Labute approximate surface area is 108 Å². The van der Waals surface area contributed by atoms with E-state index in [0.29, 0.717) is 0 Å². The standard InChI is InChI=1S/C15H20N2O/c1-12-4-3-5-13(10-12)14(11-18)6-7-15-8-9-16-17(15)2/h3-5,8-10,14,18H,6-7,11H2,1-2H3. The second-order valence-electron chi connectivity index (χ2n) is 4.78. The molecule has 0 amide bonds. The first-order valence-electron chi connectivity index (χ1n) is 6.35. The van der Waals surface area contributed by atoms with E-state index in [-0.39, 0.29) is 12.5 Å². The lowest BCUT2D eigenvalue weighted by atomic mass is 9.93. The molecule has 1 unspecified atom stereocenters. The highest BCUT2D eigenvalue weighted by Gasteiger charge is 2.11. The predicted molar refractivity (Wildman–Crippen MR) is 72.5 cm³/mol. The molecule has 0 aliphatic carbocycles. The summed E-state index contributed by atoms with van der Waals surface area (Å²) in [6.07, 6.45) is 3.70. The van der Waals surface area contributed by atoms with Gasteiger partial charge in [-0.3, -0.25) is 4.68 Å². The summed E-state index contributed by atoms with van der Waals surface area (Å²) in [6, 6.07) is 10.4. The van der Waals surface area contributed by atoms with Crippen LogP contribution in [0.3, 0.4) is 0 Å². The van der Waals surface area contributed by atoms with Crippen molar-refractivity contribution in [3.05, 3.63) is 53.3 Å². The molecular formula is C15H20N2O. The fraction of sp³-hybridized carbons (Fsp3) is 0.400. The third-order valence-corrected chi connectivity index (χ3v) is 3.41. The summed E-state index contributed by atoms with van der Waals surface area (Å²) < 4.78 is 1.89. The number of hydrogen-bond donors (Lipinski definition) is 1. The Hall–Kier alpha value is -1.61. The number of rotatable bonds is 5. The van der Waals surface area contributed by atoms with Crippen molar-refractivity contribution < 1.29 is 5.11 Å². The minimum atomic E-state index is 0.196. The van der Waals surface area contributed by atoms with Gasteiger partial charge in [-0.15, -0.1) is 0 Å². The van der Waals surface area contributed by atoms with E-state index in [1.807, 2.05) is 24.0 Å². The van der Waals surface area contributed by atoms with Crippen molar-refractivity contribution >= 4 is 0 Å². The van der Waals surface area contributed by atoms with Crippen LogP contribution >= 0.6 is 0 Å². The number of aliphatic hydroxyl groups excluding tert-OH is 1. The Morgan fingerprint density at radius 2 is 2.17 bits per heavy atom. The molecule has 3 heteroatoms.